The van der Waals surface area contributed by atoms with Gasteiger partial charge in [0.05, 0.1) is 0 Å². The molecule has 3 heteroatoms. The molecule has 0 aliphatic heterocycles. The smallest absolute Gasteiger partial charge is 0.243 e. The minimum atomic E-state index is -0.363. The van der Waals surface area contributed by atoms with E-state index in [4.69, 9.17) is 5.21 Å². The van der Waals surface area contributed by atoms with Gasteiger partial charge in [-0.15, -0.1) is 0 Å². The number of aryl methyl sites for hydroxylation is 1. The second kappa shape index (κ2) is 6.16. The molecule has 0 unspecified atom stereocenters. The van der Waals surface area contributed by atoms with Crippen LogP contribution in [0.4, 0.5) is 0 Å². The van der Waals surface area contributed by atoms with Crippen LogP contribution in [0.25, 0.3) is 0 Å². The number of carbonyl (C=O) groups excluding carboxylic acids is 1. The Labute approximate surface area is 83.7 Å². The highest BCUT2D eigenvalue weighted by Gasteiger charge is 1.98. The predicted molar refractivity (Wildman–Crippen MR) is 53.6 cm³/mol. The number of hydrogen-bond donors (Lipinski definition) is 2. The van der Waals surface area contributed by atoms with Crippen LogP contribution in [0.15, 0.2) is 30.3 Å². The van der Waals surface area contributed by atoms with E-state index < -0.39 is 0 Å². The Bertz CT molecular complexity index is 272. The summed E-state index contributed by atoms with van der Waals surface area (Å²) < 4.78 is 0. The fraction of sp³-hybridized carbons (Fsp3) is 0.273. The van der Waals surface area contributed by atoms with E-state index in [-0.39, 0.29) is 12.3 Å². The van der Waals surface area contributed by atoms with Crippen molar-refractivity contribution in [3.05, 3.63) is 42.3 Å². The van der Waals surface area contributed by atoms with Gasteiger partial charge in [-0.05, 0) is 24.8 Å². The van der Waals surface area contributed by atoms with Gasteiger partial charge in [0.2, 0.25) is 5.91 Å². The van der Waals surface area contributed by atoms with Crippen molar-refractivity contribution < 1.29 is 10.0 Å². The van der Waals surface area contributed by atoms with Gasteiger partial charge in [0.15, 0.2) is 0 Å². The summed E-state index contributed by atoms with van der Waals surface area (Å²) in [5.74, 6) is -0.363. The van der Waals surface area contributed by atoms with Crippen molar-refractivity contribution in [2.45, 2.75) is 19.3 Å². The predicted octanol–water partition coefficient (Wildman–Crippen LogP) is 1.72. The number of benzene rings is 1. The normalized spacial score (nSPS) is 9.79. The summed E-state index contributed by atoms with van der Waals surface area (Å²) in [4.78, 5) is 10.6. The molecule has 0 aromatic heterocycles. The first-order chi connectivity index (χ1) is 6.83. The van der Waals surface area contributed by atoms with Gasteiger partial charge >= 0.3 is 0 Å². The van der Waals surface area contributed by atoms with Crippen LogP contribution < -0.4 is 5.48 Å². The average molecular weight is 192 g/mol. The first-order valence-corrected chi connectivity index (χ1v) is 4.61. The number of nitrogens with one attached hydrogen (secondary N) is 1. The lowest BCUT2D eigenvalue weighted by Crippen LogP contribution is -2.18. The van der Waals surface area contributed by atoms with Crippen LogP contribution in [-0.4, -0.2) is 11.1 Å². The van der Waals surface area contributed by atoms with Gasteiger partial charge in [-0.2, -0.15) is 0 Å². The fourth-order valence-electron chi connectivity index (χ4n) is 1.19. The summed E-state index contributed by atoms with van der Waals surface area (Å²) in [6.07, 6.45) is 3.90. The summed E-state index contributed by atoms with van der Waals surface area (Å²) in [5, 5.41) is 8.23. The Kier molecular flexibility index (Phi) is 4.72. The number of carbonyl (C=O) groups is 1. The van der Waals surface area contributed by atoms with E-state index in [1.807, 2.05) is 24.6 Å². The molecule has 0 saturated heterocycles. The highest BCUT2D eigenvalue weighted by atomic mass is 16.5. The Morgan fingerprint density at radius 3 is 2.71 bits per heavy atom. The zero-order chi connectivity index (χ0) is 10.2. The van der Waals surface area contributed by atoms with Crippen molar-refractivity contribution in [2.75, 3.05) is 0 Å². The molecule has 1 radical (unpaired) electrons. The van der Waals surface area contributed by atoms with Crippen molar-refractivity contribution in [3.8, 4) is 0 Å². The van der Waals surface area contributed by atoms with E-state index in [1.54, 1.807) is 5.48 Å². The molecule has 0 heterocycles. The van der Waals surface area contributed by atoms with Gasteiger partial charge < -0.3 is 0 Å². The number of rotatable bonds is 5. The summed E-state index contributed by atoms with van der Waals surface area (Å²) in [6, 6.07) is 10.1. The maximum Gasteiger partial charge on any atom is 0.243 e. The molecule has 75 valence electrons. The van der Waals surface area contributed by atoms with Crippen molar-refractivity contribution in [2.24, 2.45) is 0 Å². The molecule has 0 aliphatic carbocycles. The summed E-state index contributed by atoms with van der Waals surface area (Å²) >= 11 is 0. The van der Waals surface area contributed by atoms with E-state index in [0.29, 0.717) is 0 Å². The monoisotopic (exact) mass is 192 g/mol. The van der Waals surface area contributed by atoms with Gasteiger partial charge in [0, 0.05) is 6.42 Å². The molecule has 1 rings (SSSR count). The summed E-state index contributed by atoms with van der Waals surface area (Å²) in [5.41, 5.74) is 2.85. The highest BCUT2D eigenvalue weighted by Crippen LogP contribution is 2.04. The highest BCUT2D eigenvalue weighted by molar-refractivity contribution is 5.75. The molecular formula is C11H14NO2. The molecule has 0 spiro atoms. The molecule has 14 heavy (non-hydrogen) atoms. The Morgan fingerprint density at radius 2 is 2.07 bits per heavy atom. The summed E-state index contributed by atoms with van der Waals surface area (Å²) in [6.45, 7) is 0. The average Bonchev–Trinajstić information content (AvgIpc) is 2.25. The number of hydroxylamine groups is 1. The van der Waals surface area contributed by atoms with Crippen LogP contribution >= 0.6 is 0 Å². The molecular weight excluding hydrogens is 178 g/mol. The van der Waals surface area contributed by atoms with E-state index in [9.17, 15) is 4.79 Å². The van der Waals surface area contributed by atoms with Crippen molar-refractivity contribution in [3.63, 3.8) is 0 Å². The quantitative estimate of drug-likeness (QED) is 0.424. The Morgan fingerprint density at radius 1 is 1.36 bits per heavy atom. The van der Waals surface area contributed by atoms with E-state index >= 15 is 0 Å². The van der Waals surface area contributed by atoms with E-state index in [2.05, 4.69) is 12.1 Å². The number of unbranched alkanes of at least 4 members (excludes halogenated alkanes) is 1. The lowest BCUT2D eigenvalue weighted by atomic mass is 10.1. The third-order valence-corrected chi connectivity index (χ3v) is 1.93. The van der Waals surface area contributed by atoms with Gasteiger partial charge in [0.25, 0.3) is 0 Å². The van der Waals surface area contributed by atoms with Crippen molar-refractivity contribution in [1.82, 2.24) is 5.48 Å². The third kappa shape index (κ3) is 4.05. The molecule has 0 bridgehead atoms. The van der Waals surface area contributed by atoms with Crippen LogP contribution in [0.5, 0.6) is 0 Å². The minimum Gasteiger partial charge on any atom is -0.289 e. The maximum absolute atomic E-state index is 10.6. The molecule has 2 N–H and O–H groups in total. The summed E-state index contributed by atoms with van der Waals surface area (Å²) in [7, 11) is 0. The molecule has 0 atom stereocenters. The largest absolute Gasteiger partial charge is 0.289 e. The second-order valence-electron chi connectivity index (χ2n) is 3.05. The van der Waals surface area contributed by atoms with Crippen LogP contribution in [0.3, 0.4) is 0 Å². The van der Waals surface area contributed by atoms with Crippen LogP contribution in [-0.2, 0) is 11.2 Å². The van der Waals surface area contributed by atoms with Crippen molar-refractivity contribution in [1.29, 1.82) is 0 Å². The first-order valence-electron chi connectivity index (χ1n) is 4.61. The van der Waals surface area contributed by atoms with E-state index in [0.717, 1.165) is 12.8 Å². The molecule has 0 aliphatic rings. The lowest BCUT2D eigenvalue weighted by molar-refractivity contribution is -0.128. The first kappa shape index (κ1) is 10.7. The van der Waals surface area contributed by atoms with Crippen LogP contribution in [0.2, 0.25) is 0 Å². The lowest BCUT2D eigenvalue weighted by Gasteiger charge is -2.00. The molecule has 0 fully saturated rings. The van der Waals surface area contributed by atoms with Crippen LogP contribution in [0.1, 0.15) is 18.4 Å². The van der Waals surface area contributed by atoms with E-state index in [1.165, 1.54) is 5.56 Å². The zero-order valence-corrected chi connectivity index (χ0v) is 7.94. The maximum atomic E-state index is 10.6. The third-order valence-electron chi connectivity index (χ3n) is 1.93. The number of hydrogen-bond acceptors (Lipinski definition) is 2. The zero-order valence-electron chi connectivity index (χ0n) is 7.94. The van der Waals surface area contributed by atoms with Gasteiger partial charge in [-0.1, -0.05) is 30.3 Å². The van der Waals surface area contributed by atoms with Gasteiger partial charge in [-0.25, -0.2) is 5.48 Å². The molecule has 0 saturated carbocycles. The molecule has 1 aromatic rings. The second-order valence-corrected chi connectivity index (χ2v) is 3.05. The molecule has 1 amide bonds. The topological polar surface area (TPSA) is 49.3 Å². The van der Waals surface area contributed by atoms with Gasteiger partial charge in [-0.3, -0.25) is 10.0 Å². The number of amides is 1. The van der Waals surface area contributed by atoms with Gasteiger partial charge in [0.1, 0.15) is 0 Å². The standard InChI is InChI=1S/C11H14NO2/c13-11(12-14)9-5-4-8-10-6-2-1-3-7-10/h1-3,5-7,14H,4,8-9H2,(H,12,13). The Hall–Kier alpha value is -1.35. The molecule has 3 nitrogen and oxygen atoms in total. The fourth-order valence-corrected chi connectivity index (χ4v) is 1.19. The SMILES string of the molecule is O=C(C[CH]CCc1ccccc1)NO. The van der Waals surface area contributed by atoms with Crippen molar-refractivity contribution >= 4 is 5.91 Å². The molecule has 1 aromatic carbocycles. The minimum absolute atomic E-state index is 0.267. The van der Waals surface area contributed by atoms with Crippen LogP contribution in [0, 0.1) is 6.42 Å². The Balaban J connectivity index is 2.13.